The fourth-order valence-corrected chi connectivity index (χ4v) is 1.84. The topological polar surface area (TPSA) is 104 Å². The highest BCUT2D eigenvalue weighted by Crippen LogP contribution is 1.96. The number of aliphatic hydroxyl groups is 1. The number of sulfonamides is 1. The van der Waals surface area contributed by atoms with Crippen molar-refractivity contribution in [2.75, 3.05) is 12.4 Å². The van der Waals surface area contributed by atoms with Gasteiger partial charge in [0.2, 0.25) is 10.0 Å². The van der Waals surface area contributed by atoms with Crippen LogP contribution in [0.2, 0.25) is 0 Å². The molecular weight excluding hydrogens is 210 g/mol. The molecule has 0 aromatic heterocycles. The van der Waals surface area contributed by atoms with Gasteiger partial charge in [0, 0.05) is 6.61 Å². The Kier molecular flexibility index (Phi) is 5.36. The summed E-state index contributed by atoms with van der Waals surface area (Å²) in [6.07, 6.45) is 0.992. The molecule has 0 amide bonds. The SMILES string of the molecule is C=CCS(=O)(=O)N[C@H](CCO)C(=O)O. The summed E-state index contributed by atoms with van der Waals surface area (Å²) >= 11 is 0. The van der Waals surface area contributed by atoms with Crippen molar-refractivity contribution in [3.63, 3.8) is 0 Å². The molecule has 0 aliphatic carbocycles. The molecule has 7 heteroatoms. The van der Waals surface area contributed by atoms with E-state index in [1.807, 2.05) is 4.72 Å². The Morgan fingerprint density at radius 3 is 2.50 bits per heavy atom. The van der Waals surface area contributed by atoms with Gasteiger partial charge in [0.05, 0.1) is 5.75 Å². The molecule has 0 saturated carbocycles. The number of nitrogens with one attached hydrogen (secondary N) is 1. The number of aliphatic hydroxyl groups excluding tert-OH is 1. The van der Waals surface area contributed by atoms with Gasteiger partial charge in [-0.1, -0.05) is 6.08 Å². The first-order chi connectivity index (χ1) is 6.43. The van der Waals surface area contributed by atoms with Gasteiger partial charge in [-0.3, -0.25) is 4.79 Å². The molecule has 82 valence electrons. The number of hydrogen-bond donors (Lipinski definition) is 3. The van der Waals surface area contributed by atoms with Gasteiger partial charge in [-0.05, 0) is 6.42 Å². The predicted molar refractivity (Wildman–Crippen MR) is 50.2 cm³/mol. The van der Waals surface area contributed by atoms with Gasteiger partial charge in [-0.25, -0.2) is 13.1 Å². The number of carboxylic acids is 1. The summed E-state index contributed by atoms with van der Waals surface area (Å²) < 4.78 is 24.1. The van der Waals surface area contributed by atoms with Gasteiger partial charge in [-0.2, -0.15) is 0 Å². The first-order valence-electron chi connectivity index (χ1n) is 3.87. The third-order valence-corrected chi connectivity index (χ3v) is 2.69. The standard InChI is InChI=1S/C7H13NO5S/c1-2-5-14(12,13)8-6(3-4-9)7(10)11/h2,6,8-9H,1,3-5H2,(H,10,11)/t6-/m1/s1. The van der Waals surface area contributed by atoms with E-state index in [0.717, 1.165) is 6.08 Å². The lowest BCUT2D eigenvalue weighted by Crippen LogP contribution is -2.42. The van der Waals surface area contributed by atoms with Crippen LogP contribution in [0, 0.1) is 0 Å². The van der Waals surface area contributed by atoms with Crippen LogP contribution in [0.5, 0.6) is 0 Å². The second-order valence-electron chi connectivity index (χ2n) is 2.59. The zero-order valence-corrected chi connectivity index (χ0v) is 8.33. The summed E-state index contributed by atoms with van der Waals surface area (Å²) in [5, 5.41) is 17.1. The first-order valence-corrected chi connectivity index (χ1v) is 5.52. The van der Waals surface area contributed by atoms with Crippen molar-refractivity contribution >= 4 is 16.0 Å². The zero-order valence-electron chi connectivity index (χ0n) is 7.51. The molecule has 0 aromatic rings. The molecule has 0 aromatic carbocycles. The smallest absolute Gasteiger partial charge is 0.321 e. The lowest BCUT2D eigenvalue weighted by atomic mass is 10.2. The zero-order chi connectivity index (χ0) is 11.2. The minimum Gasteiger partial charge on any atom is -0.480 e. The van der Waals surface area contributed by atoms with Crippen LogP contribution in [0.25, 0.3) is 0 Å². The second kappa shape index (κ2) is 5.74. The Hall–Kier alpha value is -0.920. The van der Waals surface area contributed by atoms with Gasteiger partial charge in [-0.15, -0.1) is 6.58 Å². The Morgan fingerprint density at radius 1 is 1.57 bits per heavy atom. The Balaban J connectivity index is 4.43. The fraction of sp³-hybridized carbons (Fsp3) is 0.571. The van der Waals surface area contributed by atoms with E-state index in [2.05, 4.69) is 6.58 Å². The van der Waals surface area contributed by atoms with E-state index < -0.39 is 28.6 Å². The molecule has 0 spiro atoms. The highest BCUT2D eigenvalue weighted by atomic mass is 32.2. The molecule has 0 heterocycles. The summed E-state index contributed by atoms with van der Waals surface area (Å²) in [5.41, 5.74) is 0. The molecule has 0 rings (SSSR count). The van der Waals surface area contributed by atoms with Crippen molar-refractivity contribution in [1.82, 2.24) is 4.72 Å². The molecule has 0 aliphatic rings. The average Bonchev–Trinajstić information content (AvgIpc) is 2.02. The van der Waals surface area contributed by atoms with E-state index >= 15 is 0 Å². The quantitative estimate of drug-likeness (QED) is 0.477. The number of carbonyl (C=O) groups is 1. The van der Waals surface area contributed by atoms with Crippen LogP contribution < -0.4 is 4.72 Å². The van der Waals surface area contributed by atoms with E-state index in [4.69, 9.17) is 10.2 Å². The Labute approximate surface area is 82.3 Å². The van der Waals surface area contributed by atoms with Gasteiger partial charge >= 0.3 is 5.97 Å². The molecule has 0 unspecified atom stereocenters. The van der Waals surface area contributed by atoms with Crippen LogP contribution in [-0.2, 0) is 14.8 Å². The van der Waals surface area contributed by atoms with E-state index in [1.54, 1.807) is 0 Å². The van der Waals surface area contributed by atoms with Crippen molar-refractivity contribution in [3.8, 4) is 0 Å². The van der Waals surface area contributed by atoms with Crippen molar-refractivity contribution in [1.29, 1.82) is 0 Å². The van der Waals surface area contributed by atoms with Crippen LogP contribution in [0.1, 0.15) is 6.42 Å². The first kappa shape index (κ1) is 13.1. The molecule has 0 fully saturated rings. The molecule has 1 atom stereocenters. The van der Waals surface area contributed by atoms with Crippen LogP contribution in [0.4, 0.5) is 0 Å². The third-order valence-electron chi connectivity index (χ3n) is 1.37. The minimum absolute atomic E-state index is 0.161. The van der Waals surface area contributed by atoms with Gasteiger partial charge in [0.15, 0.2) is 0 Å². The van der Waals surface area contributed by atoms with E-state index in [9.17, 15) is 13.2 Å². The van der Waals surface area contributed by atoms with Crippen LogP contribution in [0.3, 0.4) is 0 Å². The summed E-state index contributed by atoms with van der Waals surface area (Å²) in [6, 6.07) is -1.29. The highest BCUT2D eigenvalue weighted by Gasteiger charge is 2.22. The monoisotopic (exact) mass is 223 g/mol. The number of rotatable bonds is 7. The second-order valence-corrected chi connectivity index (χ2v) is 4.39. The number of hydrogen-bond acceptors (Lipinski definition) is 4. The summed E-state index contributed by atoms with van der Waals surface area (Å²) in [6.45, 7) is 2.83. The third kappa shape index (κ3) is 4.95. The summed E-state index contributed by atoms with van der Waals surface area (Å²) in [4.78, 5) is 10.5. The number of aliphatic carboxylic acids is 1. The maximum Gasteiger partial charge on any atom is 0.321 e. The van der Waals surface area contributed by atoms with E-state index in [-0.39, 0.29) is 12.2 Å². The van der Waals surface area contributed by atoms with Gasteiger partial charge in [0.25, 0.3) is 0 Å². The molecule has 0 saturated heterocycles. The van der Waals surface area contributed by atoms with Crippen molar-refractivity contribution in [2.24, 2.45) is 0 Å². The Bertz CT molecular complexity index is 297. The summed E-state index contributed by atoms with van der Waals surface area (Å²) in [5.74, 6) is -1.66. The van der Waals surface area contributed by atoms with Crippen LogP contribution in [0.15, 0.2) is 12.7 Å². The largest absolute Gasteiger partial charge is 0.480 e. The van der Waals surface area contributed by atoms with Crippen molar-refractivity contribution in [2.45, 2.75) is 12.5 Å². The average molecular weight is 223 g/mol. The molecular formula is C7H13NO5S. The molecule has 6 nitrogen and oxygen atoms in total. The minimum atomic E-state index is -3.66. The maximum atomic E-state index is 11.1. The van der Waals surface area contributed by atoms with E-state index in [1.165, 1.54) is 0 Å². The van der Waals surface area contributed by atoms with E-state index in [0.29, 0.717) is 0 Å². The van der Waals surface area contributed by atoms with Gasteiger partial charge in [0.1, 0.15) is 6.04 Å². The summed E-state index contributed by atoms with van der Waals surface area (Å²) in [7, 11) is -3.66. The Morgan fingerprint density at radius 2 is 2.14 bits per heavy atom. The van der Waals surface area contributed by atoms with Crippen LogP contribution in [-0.4, -0.2) is 43.0 Å². The molecule has 0 radical (unpaired) electrons. The number of carboxylic acid groups (broad SMARTS) is 1. The lowest BCUT2D eigenvalue weighted by molar-refractivity contribution is -0.139. The molecule has 0 aliphatic heterocycles. The van der Waals surface area contributed by atoms with Gasteiger partial charge < -0.3 is 10.2 Å². The fourth-order valence-electron chi connectivity index (χ4n) is 0.782. The van der Waals surface area contributed by atoms with Crippen molar-refractivity contribution < 1.29 is 23.4 Å². The maximum absolute atomic E-state index is 11.1. The molecule has 14 heavy (non-hydrogen) atoms. The van der Waals surface area contributed by atoms with Crippen LogP contribution >= 0.6 is 0 Å². The lowest BCUT2D eigenvalue weighted by Gasteiger charge is -2.12. The van der Waals surface area contributed by atoms with Crippen molar-refractivity contribution in [3.05, 3.63) is 12.7 Å². The molecule has 0 bridgehead atoms. The molecule has 3 N–H and O–H groups in total. The highest BCUT2D eigenvalue weighted by molar-refractivity contribution is 7.89. The normalized spacial score (nSPS) is 13.5. The predicted octanol–water partition coefficient (Wildman–Crippen LogP) is -1.07.